The molecule has 2 rings (SSSR count). The Bertz CT molecular complexity index is 406. The summed E-state index contributed by atoms with van der Waals surface area (Å²) in [5.41, 5.74) is 0. The smallest absolute Gasteiger partial charge is 0.321 e. The minimum atomic E-state index is -0.489. The number of carbonyl (C=O) groups is 1. The molecule has 1 fully saturated rings. The lowest BCUT2D eigenvalue weighted by atomic mass is 10.2. The van der Waals surface area contributed by atoms with E-state index in [1.54, 1.807) is 0 Å². The molecular weight excluding hydrogens is 252 g/mol. The Balaban J connectivity index is 1.72. The van der Waals surface area contributed by atoms with E-state index >= 15 is 0 Å². The van der Waals surface area contributed by atoms with Crippen LogP contribution in [0.25, 0.3) is 0 Å². The van der Waals surface area contributed by atoms with Gasteiger partial charge in [-0.1, -0.05) is 24.7 Å². The molecule has 0 radical (unpaired) electrons. The molecule has 0 aliphatic heterocycles. The highest BCUT2D eigenvalue weighted by molar-refractivity contribution is 7.15. The number of aromatic nitrogens is 2. The topological polar surface area (TPSA) is 87.1 Å². The number of urea groups is 1. The highest BCUT2D eigenvalue weighted by atomic mass is 32.1. The number of aliphatic hydroxyl groups excluding tert-OH is 1. The second-order valence-electron chi connectivity index (χ2n) is 4.50. The van der Waals surface area contributed by atoms with Crippen LogP contribution in [-0.2, 0) is 0 Å². The van der Waals surface area contributed by atoms with E-state index in [2.05, 4.69) is 20.8 Å². The predicted octanol–water partition coefficient (Wildman–Crippen LogP) is 1.70. The summed E-state index contributed by atoms with van der Waals surface area (Å²) in [4.78, 5) is 11.5. The molecule has 3 N–H and O–H groups in total. The van der Waals surface area contributed by atoms with Gasteiger partial charge in [0.25, 0.3) is 0 Å². The van der Waals surface area contributed by atoms with E-state index in [1.807, 2.05) is 6.92 Å². The molecular formula is C11H18N4O2S. The highest BCUT2D eigenvalue weighted by Gasteiger charge is 2.27. The van der Waals surface area contributed by atoms with Crippen molar-refractivity contribution in [3.63, 3.8) is 0 Å². The van der Waals surface area contributed by atoms with Crippen LogP contribution in [0, 0.1) is 0 Å². The number of carbonyl (C=O) groups excluding carboxylic acids is 1. The third-order valence-corrected chi connectivity index (χ3v) is 3.71. The van der Waals surface area contributed by atoms with Crippen LogP contribution in [0.3, 0.4) is 0 Å². The van der Waals surface area contributed by atoms with E-state index in [-0.39, 0.29) is 12.6 Å². The second kappa shape index (κ2) is 6.10. The van der Waals surface area contributed by atoms with Crippen molar-refractivity contribution < 1.29 is 9.90 Å². The fraction of sp³-hybridized carbons (Fsp3) is 0.727. The fourth-order valence-electron chi connectivity index (χ4n) is 1.57. The van der Waals surface area contributed by atoms with Crippen molar-refractivity contribution in [2.45, 2.75) is 44.6 Å². The molecule has 7 heteroatoms. The van der Waals surface area contributed by atoms with Gasteiger partial charge in [-0.2, -0.15) is 0 Å². The lowest BCUT2D eigenvalue weighted by molar-refractivity contribution is 0.162. The van der Waals surface area contributed by atoms with Crippen molar-refractivity contribution in [1.82, 2.24) is 15.5 Å². The van der Waals surface area contributed by atoms with E-state index in [0.29, 0.717) is 17.5 Å². The molecule has 1 heterocycles. The van der Waals surface area contributed by atoms with Crippen molar-refractivity contribution in [1.29, 1.82) is 0 Å². The minimum absolute atomic E-state index is 0.258. The lowest BCUT2D eigenvalue weighted by Gasteiger charge is -2.10. The Kier molecular flexibility index (Phi) is 4.48. The first kappa shape index (κ1) is 13.2. The highest BCUT2D eigenvalue weighted by Crippen LogP contribution is 2.41. The molecule has 1 aromatic heterocycles. The first-order valence-electron chi connectivity index (χ1n) is 6.25. The first-order valence-corrected chi connectivity index (χ1v) is 7.07. The maximum Gasteiger partial charge on any atom is 0.321 e. The molecule has 1 saturated carbocycles. The summed E-state index contributed by atoms with van der Waals surface area (Å²) in [5.74, 6) is 0.549. The van der Waals surface area contributed by atoms with Gasteiger partial charge >= 0.3 is 6.03 Å². The molecule has 1 aliphatic carbocycles. The number of aliphatic hydroxyl groups is 1. The van der Waals surface area contributed by atoms with Crippen LogP contribution in [0.15, 0.2) is 0 Å². The SMILES string of the molecule is CCCC(O)CNC(=O)Nc1nnc(C2CC2)s1. The van der Waals surface area contributed by atoms with Crippen LogP contribution < -0.4 is 10.6 Å². The molecule has 0 aromatic carbocycles. The number of nitrogens with one attached hydrogen (secondary N) is 2. The standard InChI is InChI=1S/C11H18N4O2S/c1-2-3-8(16)6-12-10(17)13-11-15-14-9(18-11)7-4-5-7/h7-8,16H,2-6H2,1H3,(H2,12,13,15,17). The number of hydrogen-bond donors (Lipinski definition) is 3. The van der Waals surface area contributed by atoms with E-state index in [9.17, 15) is 9.90 Å². The summed E-state index contributed by atoms with van der Waals surface area (Å²) < 4.78 is 0. The van der Waals surface area contributed by atoms with Gasteiger partial charge in [0.15, 0.2) is 0 Å². The molecule has 1 atom stereocenters. The number of rotatable bonds is 6. The van der Waals surface area contributed by atoms with Crippen LogP contribution >= 0.6 is 11.3 Å². The van der Waals surface area contributed by atoms with Crippen molar-refractivity contribution in [2.75, 3.05) is 11.9 Å². The van der Waals surface area contributed by atoms with Crippen LogP contribution in [0.1, 0.15) is 43.5 Å². The Morgan fingerprint density at radius 2 is 2.33 bits per heavy atom. The molecule has 0 saturated heterocycles. The monoisotopic (exact) mass is 270 g/mol. The number of amides is 2. The van der Waals surface area contributed by atoms with Crippen LogP contribution in [0.5, 0.6) is 0 Å². The van der Waals surface area contributed by atoms with Gasteiger partial charge in [-0.05, 0) is 19.3 Å². The van der Waals surface area contributed by atoms with Crippen LogP contribution in [-0.4, -0.2) is 34.0 Å². The molecule has 1 aromatic rings. The number of anilines is 1. The Labute approximate surface area is 110 Å². The fourth-order valence-corrected chi connectivity index (χ4v) is 2.47. The molecule has 0 spiro atoms. The van der Waals surface area contributed by atoms with Crippen molar-refractivity contribution in [3.05, 3.63) is 5.01 Å². The van der Waals surface area contributed by atoms with Gasteiger partial charge in [-0.3, -0.25) is 5.32 Å². The first-order chi connectivity index (χ1) is 8.69. The quantitative estimate of drug-likeness (QED) is 0.734. The Morgan fingerprint density at radius 1 is 1.56 bits per heavy atom. The molecule has 18 heavy (non-hydrogen) atoms. The van der Waals surface area contributed by atoms with Gasteiger partial charge in [0.1, 0.15) is 5.01 Å². The van der Waals surface area contributed by atoms with E-state index in [1.165, 1.54) is 24.2 Å². The third-order valence-electron chi connectivity index (χ3n) is 2.71. The average molecular weight is 270 g/mol. The lowest BCUT2D eigenvalue weighted by Crippen LogP contribution is -2.35. The maximum atomic E-state index is 11.5. The van der Waals surface area contributed by atoms with Gasteiger partial charge < -0.3 is 10.4 Å². The summed E-state index contributed by atoms with van der Waals surface area (Å²) in [7, 11) is 0. The number of hydrogen-bond acceptors (Lipinski definition) is 5. The molecule has 100 valence electrons. The molecule has 6 nitrogen and oxygen atoms in total. The maximum absolute atomic E-state index is 11.5. The summed E-state index contributed by atoms with van der Waals surface area (Å²) in [6, 6.07) is -0.344. The number of nitrogens with zero attached hydrogens (tertiary/aromatic N) is 2. The van der Waals surface area contributed by atoms with E-state index < -0.39 is 6.10 Å². The summed E-state index contributed by atoms with van der Waals surface area (Å²) in [6.07, 6.45) is 3.43. The van der Waals surface area contributed by atoms with E-state index in [0.717, 1.165) is 11.4 Å². The normalized spacial score (nSPS) is 16.3. The molecule has 1 aliphatic rings. The van der Waals surface area contributed by atoms with Gasteiger partial charge in [0.05, 0.1) is 6.10 Å². The Morgan fingerprint density at radius 3 is 3.00 bits per heavy atom. The van der Waals surface area contributed by atoms with Gasteiger partial charge in [0.2, 0.25) is 5.13 Å². The average Bonchev–Trinajstić information content (AvgIpc) is 3.09. The minimum Gasteiger partial charge on any atom is -0.391 e. The summed E-state index contributed by atoms with van der Waals surface area (Å²) >= 11 is 1.42. The summed E-state index contributed by atoms with van der Waals surface area (Å²) in [5, 5.41) is 24.2. The van der Waals surface area contributed by atoms with Crippen molar-refractivity contribution >= 4 is 22.5 Å². The molecule has 0 bridgehead atoms. The van der Waals surface area contributed by atoms with Crippen LogP contribution in [0.2, 0.25) is 0 Å². The van der Waals surface area contributed by atoms with Crippen LogP contribution in [0.4, 0.5) is 9.93 Å². The predicted molar refractivity (Wildman–Crippen MR) is 69.8 cm³/mol. The van der Waals surface area contributed by atoms with E-state index in [4.69, 9.17) is 0 Å². The third kappa shape index (κ3) is 3.92. The molecule has 1 unspecified atom stereocenters. The second-order valence-corrected chi connectivity index (χ2v) is 5.51. The Hall–Kier alpha value is -1.21. The molecule has 2 amide bonds. The van der Waals surface area contributed by atoms with Crippen molar-refractivity contribution in [3.8, 4) is 0 Å². The zero-order valence-electron chi connectivity index (χ0n) is 10.3. The summed E-state index contributed by atoms with van der Waals surface area (Å²) in [6.45, 7) is 2.25. The van der Waals surface area contributed by atoms with Gasteiger partial charge in [-0.15, -0.1) is 10.2 Å². The van der Waals surface area contributed by atoms with Crippen molar-refractivity contribution in [2.24, 2.45) is 0 Å². The zero-order chi connectivity index (χ0) is 13.0. The largest absolute Gasteiger partial charge is 0.391 e. The van der Waals surface area contributed by atoms with Gasteiger partial charge in [-0.25, -0.2) is 4.79 Å². The van der Waals surface area contributed by atoms with Gasteiger partial charge in [0, 0.05) is 12.5 Å². The zero-order valence-corrected chi connectivity index (χ0v) is 11.2.